The van der Waals surface area contributed by atoms with E-state index in [1.54, 1.807) is 18.1 Å². The summed E-state index contributed by atoms with van der Waals surface area (Å²) in [6.07, 6.45) is 0.581. The second-order valence-electron chi connectivity index (χ2n) is 12.0. The average Bonchev–Trinajstić information content (AvgIpc) is 3.46. The fraction of sp³-hybridized carbons (Fsp3) is 0.179. The number of ether oxygens (including phenoxy) is 2. The number of amides is 2. The van der Waals surface area contributed by atoms with E-state index in [1.165, 1.54) is 12.1 Å². The third-order valence-corrected chi connectivity index (χ3v) is 8.68. The molecule has 8 heteroatoms. The number of aromatic amines is 1. The van der Waals surface area contributed by atoms with Gasteiger partial charge in [-0.25, -0.2) is 4.39 Å². The summed E-state index contributed by atoms with van der Waals surface area (Å²) in [6.45, 7) is 4.20. The second-order valence-corrected chi connectivity index (χ2v) is 12.0. The van der Waals surface area contributed by atoms with Crippen molar-refractivity contribution < 1.29 is 23.5 Å². The monoisotopic (exact) mass is 627 g/mol. The number of halogens is 1. The summed E-state index contributed by atoms with van der Waals surface area (Å²) in [5.41, 5.74) is 5.10. The molecule has 2 heterocycles. The van der Waals surface area contributed by atoms with E-state index in [-0.39, 0.29) is 11.8 Å². The van der Waals surface area contributed by atoms with Crippen LogP contribution in [0.5, 0.6) is 11.5 Å². The SMILES string of the molecule is COc1ccc2[nH]c3c(c2c1)CCN(C(=O)C(=O)Nc1ccc(-c2ccc(OC(C)C)cc2)cc1F)C3c1cccc2ccccc12. The van der Waals surface area contributed by atoms with Gasteiger partial charge in [0.25, 0.3) is 0 Å². The predicted octanol–water partition coefficient (Wildman–Crippen LogP) is 8.04. The van der Waals surface area contributed by atoms with Gasteiger partial charge in [0, 0.05) is 23.1 Å². The molecule has 1 aliphatic heterocycles. The van der Waals surface area contributed by atoms with Gasteiger partial charge in [0.2, 0.25) is 0 Å². The maximum Gasteiger partial charge on any atom is 0.314 e. The molecule has 1 aliphatic rings. The lowest BCUT2D eigenvalue weighted by Gasteiger charge is -2.36. The maximum absolute atomic E-state index is 15.4. The highest BCUT2D eigenvalue weighted by molar-refractivity contribution is 6.39. The Hall–Kier alpha value is -5.63. The third kappa shape index (κ3) is 5.67. The minimum absolute atomic E-state index is 0.0461. The van der Waals surface area contributed by atoms with Crippen LogP contribution in [0.25, 0.3) is 32.8 Å². The molecule has 0 spiro atoms. The average molecular weight is 628 g/mol. The number of benzene rings is 5. The normalized spacial score (nSPS) is 14.3. The molecule has 0 bridgehead atoms. The first-order chi connectivity index (χ1) is 22.8. The minimum Gasteiger partial charge on any atom is -0.497 e. The first-order valence-electron chi connectivity index (χ1n) is 15.7. The Kier molecular flexibility index (Phi) is 7.85. The number of nitrogens with one attached hydrogen (secondary N) is 2. The Morgan fingerprint density at radius 2 is 1.62 bits per heavy atom. The van der Waals surface area contributed by atoms with Crippen molar-refractivity contribution in [2.45, 2.75) is 32.4 Å². The fourth-order valence-electron chi connectivity index (χ4n) is 6.53. The molecule has 0 saturated carbocycles. The van der Waals surface area contributed by atoms with Crippen LogP contribution >= 0.6 is 0 Å². The van der Waals surface area contributed by atoms with Gasteiger partial charge >= 0.3 is 11.8 Å². The molecule has 1 atom stereocenters. The van der Waals surface area contributed by atoms with Crippen molar-refractivity contribution in [2.24, 2.45) is 0 Å². The highest BCUT2D eigenvalue weighted by Crippen LogP contribution is 2.41. The number of rotatable bonds is 6. The molecule has 7 nitrogen and oxygen atoms in total. The zero-order valence-corrected chi connectivity index (χ0v) is 26.3. The number of hydrogen-bond acceptors (Lipinski definition) is 4. The topological polar surface area (TPSA) is 83.7 Å². The Morgan fingerprint density at radius 3 is 2.38 bits per heavy atom. The fourth-order valence-corrected chi connectivity index (χ4v) is 6.53. The lowest BCUT2D eigenvalue weighted by molar-refractivity contribution is -0.144. The van der Waals surface area contributed by atoms with Crippen LogP contribution in [-0.2, 0) is 16.0 Å². The molecule has 0 radical (unpaired) electrons. The van der Waals surface area contributed by atoms with Gasteiger partial charge in [-0.1, -0.05) is 60.7 Å². The summed E-state index contributed by atoms with van der Waals surface area (Å²) in [5, 5.41) is 5.56. The zero-order valence-electron chi connectivity index (χ0n) is 26.3. The van der Waals surface area contributed by atoms with Crippen LogP contribution in [0, 0.1) is 5.82 Å². The molecule has 1 aromatic heterocycles. The van der Waals surface area contributed by atoms with Gasteiger partial charge in [-0.3, -0.25) is 9.59 Å². The number of nitrogens with zero attached hydrogens (tertiary/aromatic N) is 1. The van der Waals surface area contributed by atoms with Gasteiger partial charge in [0.05, 0.1) is 24.9 Å². The molecule has 2 amide bonds. The molecule has 0 saturated heterocycles. The Balaban J connectivity index is 1.20. The van der Waals surface area contributed by atoms with E-state index in [4.69, 9.17) is 9.47 Å². The maximum atomic E-state index is 15.4. The van der Waals surface area contributed by atoms with E-state index in [2.05, 4.69) is 10.3 Å². The Bertz CT molecular complexity index is 2130. The van der Waals surface area contributed by atoms with E-state index < -0.39 is 23.7 Å². The number of aromatic nitrogens is 1. The molecule has 47 heavy (non-hydrogen) atoms. The van der Waals surface area contributed by atoms with Gasteiger partial charge in [0.1, 0.15) is 17.3 Å². The second kappa shape index (κ2) is 12.3. The van der Waals surface area contributed by atoms with Gasteiger partial charge in [-0.05, 0) is 95.8 Å². The quantitative estimate of drug-likeness (QED) is 0.183. The first kappa shape index (κ1) is 30.0. The molecule has 0 fully saturated rings. The number of H-pyrrole nitrogens is 1. The standard InChI is InChI=1S/C39H34FN3O4/c1-23(2)47-27-14-11-24(12-15-27)26-13-17-35(33(40)21-26)42-38(44)39(45)43-20-19-30-32-22-28(46-3)16-18-34(32)41-36(30)37(43)31-10-6-8-25-7-4-5-9-29(25)31/h4-18,21-23,37,41H,19-20H2,1-3H3,(H,42,44). The summed E-state index contributed by atoms with van der Waals surface area (Å²) in [7, 11) is 1.63. The number of carbonyl (C=O) groups excluding carboxylic acids is 2. The molecule has 1 unspecified atom stereocenters. The van der Waals surface area contributed by atoms with E-state index >= 15 is 4.39 Å². The number of anilines is 1. The van der Waals surface area contributed by atoms with Crippen molar-refractivity contribution in [2.75, 3.05) is 19.0 Å². The van der Waals surface area contributed by atoms with Crippen LogP contribution in [0.15, 0.2) is 103 Å². The number of carbonyl (C=O) groups is 2. The summed E-state index contributed by atoms with van der Waals surface area (Å²) in [6, 6.07) is 31.2. The van der Waals surface area contributed by atoms with E-state index in [0.717, 1.165) is 55.6 Å². The predicted molar refractivity (Wildman–Crippen MR) is 182 cm³/mol. The zero-order chi connectivity index (χ0) is 32.7. The van der Waals surface area contributed by atoms with Crippen LogP contribution in [-0.4, -0.2) is 41.5 Å². The van der Waals surface area contributed by atoms with Crippen molar-refractivity contribution in [3.05, 3.63) is 126 Å². The van der Waals surface area contributed by atoms with Crippen molar-refractivity contribution >= 4 is 39.2 Å². The summed E-state index contributed by atoms with van der Waals surface area (Å²) < 4.78 is 26.6. The number of fused-ring (bicyclic) bond motifs is 4. The van der Waals surface area contributed by atoms with Crippen molar-refractivity contribution in [1.29, 1.82) is 0 Å². The number of methoxy groups -OCH3 is 1. The van der Waals surface area contributed by atoms with Gasteiger partial charge in [-0.15, -0.1) is 0 Å². The highest BCUT2D eigenvalue weighted by Gasteiger charge is 2.38. The smallest absolute Gasteiger partial charge is 0.314 e. The van der Waals surface area contributed by atoms with Crippen LogP contribution in [0.3, 0.4) is 0 Å². The van der Waals surface area contributed by atoms with Gasteiger partial charge in [-0.2, -0.15) is 0 Å². The van der Waals surface area contributed by atoms with E-state index in [0.29, 0.717) is 18.5 Å². The summed E-state index contributed by atoms with van der Waals surface area (Å²) >= 11 is 0. The van der Waals surface area contributed by atoms with Gasteiger partial charge in [0.15, 0.2) is 0 Å². The van der Waals surface area contributed by atoms with E-state index in [1.807, 2.05) is 98.8 Å². The van der Waals surface area contributed by atoms with Crippen LogP contribution in [0.1, 0.15) is 36.7 Å². The largest absolute Gasteiger partial charge is 0.497 e. The molecule has 5 aromatic carbocycles. The Morgan fingerprint density at radius 1 is 0.872 bits per heavy atom. The van der Waals surface area contributed by atoms with Crippen molar-refractivity contribution in [3.63, 3.8) is 0 Å². The molecule has 0 aliphatic carbocycles. The molecular formula is C39H34FN3O4. The van der Waals surface area contributed by atoms with Gasteiger partial charge < -0.3 is 24.7 Å². The summed E-state index contributed by atoms with van der Waals surface area (Å²) in [4.78, 5) is 32.7. The number of hydrogen-bond donors (Lipinski definition) is 2. The lowest BCUT2D eigenvalue weighted by Crippen LogP contribution is -2.46. The van der Waals surface area contributed by atoms with Crippen LogP contribution in [0.2, 0.25) is 0 Å². The molecule has 7 rings (SSSR count). The molecule has 2 N–H and O–H groups in total. The lowest BCUT2D eigenvalue weighted by atomic mass is 9.89. The Labute approximate surface area is 271 Å². The molecule has 6 aromatic rings. The van der Waals surface area contributed by atoms with Crippen molar-refractivity contribution in [1.82, 2.24) is 9.88 Å². The molecule has 236 valence electrons. The molecular weight excluding hydrogens is 593 g/mol. The van der Waals surface area contributed by atoms with E-state index in [9.17, 15) is 9.59 Å². The highest BCUT2D eigenvalue weighted by atomic mass is 19.1. The van der Waals surface area contributed by atoms with Crippen LogP contribution < -0.4 is 14.8 Å². The summed E-state index contributed by atoms with van der Waals surface area (Å²) in [5.74, 6) is -0.816. The third-order valence-electron chi connectivity index (χ3n) is 8.68. The van der Waals surface area contributed by atoms with Crippen molar-refractivity contribution in [3.8, 4) is 22.6 Å². The first-order valence-corrected chi connectivity index (χ1v) is 15.7. The minimum atomic E-state index is -0.904. The van der Waals surface area contributed by atoms with Crippen LogP contribution in [0.4, 0.5) is 10.1 Å².